The predicted molar refractivity (Wildman–Crippen MR) is 95.9 cm³/mol. The third kappa shape index (κ3) is 5.96. The molecule has 6 nitrogen and oxygen atoms in total. The molecule has 0 aliphatic carbocycles. The van der Waals surface area contributed by atoms with E-state index in [1.54, 1.807) is 11.0 Å². The summed E-state index contributed by atoms with van der Waals surface area (Å²) >= 11 is 0. The molecule has 2 amide bonds. The average molecular weight is 348 g/mol. The third-order valence-electron chi connectivity index (χ3n) is 4.34. The van der Waals surface area contributed by atoms with Gasteiger partial charge in [-0.05, 0) is 49.8 Å². The first-order valence-corrected chi connectivity index (χ1v) is 9.11. The normalized spacial score (nSPS) is 14.9. The van der Waals surface area contributed by atoms with Crippen LogP contribution in [0.3, 0.4) is 0 Å². The van der Waals surface area contributed by atoms with Gasteiger partial charge in [-0.3, -0.25) is 0 Å². The largest absolute Gasteiger partial charge is 0.449 e. The fourth-order valence-electron chi connectivity index (χ4n) is 2.91. The number of carbonyl (C=O) groups excluding carboxylic acids is 2. The van der Waals surface area contributed by atoms with Gasteiger partial charge in [0, 0.05) is 19.6 Å². The standard InChI is InChI=1S/C19H28N2O4/c1-3-5-13-24-19(23)21-11-9-15(10-12-21)16-7-6-8-17(14-16)25-18(22)20-4-2/h6-8,14-15H,3-5,9-13H2,1-2H3,(H,20,22). The number of carbonyl (C=O) groups is 2. The van der Waals surface area contributed by atoms with Crippen molar-refractivity contribution in [2.45, 2.75) is 45.4 Å². The lowest BCUT2D eigenvalue weighted by Crippen LogP contribution is -2.38. The Balaban J connectivity index is 1.86. The Labute approximate surface area is 149 Å². The van der Waals surface area contributed by atoms with Crippen LogP contribution in [0.2, 0.25) is 0 Å². The maximum atomic E-state index is 12.0. The van der Waals surface area contributed by atoms with Gasteiger partial charge < -0.3 is 19.7 Å². The van der Waals surface area contributed by atoms with Crippen LogP contribution < -0.4 is 10.1 Å². The molecule has 0 unspecified atom stereocenters. The minimum absolute atomic E-state index is 0.208. The Morgan fingerprint density at radius 1 is 1.24 bits per heavy atom. The Hall–Kier alpha value is -2.24. The second-order valence-electron chi connectivity index (χ2n) is 6.22. The molecule has 0 spiro atoms. The van der Waals surface area contributed by atoms with Crippen molar-refractivity contribution in [1.82, 2.24) is 10.2 Å². The summed E-state index contributed by atoms with van der Waals surface area (Å²) in [6.45, 7) is 6.33. The van der Waals surface area contributed by atoms with E-state index in [-0.39, 0.29) is 6.09 Å². The zero-order valence-corrected chi connectivity index (χ0v) is 15.1. The lowest BCUT2D eigenvalue weighted by atomic mass is 9.89. The zero-order valence-electron chi connectivity index (χ0n) is 15.1. The van der Waals surface area contributed by atoms with E-state index in [0.717, 1.165) is 31.2 Å². The molecule has 1 aromatic rings. The van der Waals surface area contributed by atoms with Crippen molar-refractivity contribution in [2.75, 3.05) is 26.2 Å². The number of nitrogens with one attached hydrogen (secondary N) is 1. The molecule has 1 saturated heterocycles. The van der Waals surface area contributed by atoms with Gasteiger partial charge in [0.2, 0.25) is 0 Å². The van der Waals surface area contributed by atoms with Crippen LogP contribution >= 0.6 is 0 Å². The second-order valence-corrected chi connectivity index (χ2v) is 6.22. The summed E-state index contributed by atoms with van der Waals surface area (Å²) in [6.07, 6.45) is 3.04. The van der Waals surface area contributed by atoms with Crippen molar-refractivity contribution in [3.05, 3.63) is 29.8 Å². The molecule has 1 aliphatic rings. The molecule has 2 rings (SSSR count). The molecule has 1 aliphatic heterocycles. The number of rotatable bonds is 6. The van der Waals surface area contributed by atoms with E-state index in [4.69, 9.17) is 9.47 Å². The highest BCUT2D eigenvalue weighted by Gasteiger charge is 2.25. The van der Waals surface area contributed by atoms with E-state index in [1.165, 1.54) is 0 Å². The van der Waals surface area contributed by atoms with Crippen molar-refractivity contribution in [1.29, 1.82) is 0 Å². The number of ether oxygens (including phenoxy) is 2. The maximum absolute atomic E-state index is 12.0. The van der Waals surface area contributed by atoms with Gasteiger partial charge >= 0.3 is 12.2 Å². The van der Waals surface area contributed by atoms with Gasteiger partial charge in [0.15, 0.2) is 0 Å². The third-order valence-corrected chi connectivity index (χ3v) is 4.34. The topological polar surface area (TPSA) is 67.9 Å². The molecule has 0 bridgehead atoms. The minimum Gasteiger partial charge on any atom is -0.449 e. The zero-order chi connectivity index (χ0) is 18.1. The number of likely N-dealkylation sites (tertiary alicyclic amines) is 1. The monoisotopic (exact) mass is 348 g/mol. The van der Waals surface area contributed by atoms with E-state index in [9.17, 15) is 9.59 Å². The van der Waals surface area contributed by atoms with E-state index in [2.05, 4.69) is 12.2 Å². The molecule has 0 radical (unpaired) electrons. The quantitative estimate of drug-likeness (QED) is 0.792. The van der Waals surface area contributed by atoms with E-state index >= 15 is 0 Å². The van der Waals surface area contributed by atoms with Crippen LogP contribution in [0.1, 0.15) is 51.0 Å². The highest BCUT2D eigenvalue weighted by atomic mass is 16.6. The molecule has 1 N–H and O–H groups in total. The highest BCUT2D eigenvalue weighted by Crippen LogP contribution is 2.30. The summed E-state index contributed by atoms with van der Waals surface area (Å²) in [6, 6.07) is 7.63. The number of benzene rings is 1. The lowest BCUT2D eigenvalue weighted by Gasteiger charge is -2.31. The number of piperidine rings is 1. The van der Waals surface area contributed by atoms with Crippen molar-refractivity contribution in [3.63, 3.8) is 0 Å². The number of unbranched alkanes of at least 4 members (excludes halogenated alkanes) is 1. The highest BCUT2D eigenvalue weighted by molar-refractivity contribution is 5.70. The summed E-state index contributed by atoms with van der Waals surface area (Å²) in [5.41, 5.74) is 1.14. The predicted octanol–water partition coefficient (Wildman–Crippen LogP) is 3.91. The van der Waals surface area contributed by atoms with Crippen molar-refractivity contribution in [2.24, 2.45) is 0 Å². The van der Waals surface area contributed by atoms with Crippen LogP contribution in [0.5, 0.6) is 5.75 Å². The van der Waals surface area contributed by atoms with Gasteiger partial charge in [-0.15, -0.1) is 0 Å². The summed E-state index contributed by atoms with van der Waals surface area (Å²) in [5.74, 6) is 0.905. The molecule has 138 valence electrons. The number of hydrogen-bond donors (Lipinski definition) is 1. The fraction of sp³-hybridized carbons (Fsp3) is 0.579. The summed E-state index contributed by atoms with van der Waals surface area (Å²) in [5, 5.41) is 2.61. The maximum Gasteiger partial charge on any atom is 0.412 e. The first-order valence-electron chi connectivity index (χ1n) is 9.11. The van der Waals surface area contributed by atoms with E-state index < -0.39 is 6.09 Å². The van der Waals surface area contributed by atoms with Gasteiger partial charge in [-0.25, -0.2) is 9.59 Å². The number of amides is 2. The summed E-state index contributed by atoms with van der Waals surface area (Å²) < 4.78 is 10.5. The van der Waals surface area contributed by atoms with Crippen LogP contribution in [0.4, 0.5) is 9.59 Å². The van der Waals surface area contributed by atoms with Gasteiger partial charge in [0.05, 0.1) is 6.61 Å². The van der Waals surface area contributed by atoms with Gasteiger partial charge in [-0.2, -0.15) is 0 Å². The van der Waals surface area contributed by atoms with Crippen LogP contribution in [0, 0.1) is 0 Å². The van der Waals surface area contributed by atoms with Crippen LogP contribution in [-0.2, 0) is 4.74 Å². The van der Waals surface area contributed by atoms with Gasteiger partial charge in [0.25, 0.3) is 0 Å². The van der Waals surface area contributed by atoms with Crippen LogP contribution in [0.15, 0.2) is 24.3 Å². The Morgan fingerprint density at radius 2 is 2.00 bits per heavy atom. The summed E-state index contributed by atoms with van der Waals surface area (Å²) in [7, 11) is 0. The van der Waals surface area contributed by atoms with Crippen molar-refractivity contribution < 1.29 is 19.1 Å². The SMILES string of the molecule is CCCCOC(=O)N1CCC(c2cccc(OC(=O)NCC)c2)CC1. The average Bonchev–Trinajstić information content (AvgIpc) is 2.62. The van der Waals surface area contributed by atoms with Gasteiger partial charge in [-0.1, -0.05) is 25.5 Å². The lowest BCUT2D eigenvalue weighted by molar-refractivity contribution is 0.0915. The second kappa shape index (κ2) is 9.91. The van der Waals surface area contributed by atoms with Gasteiger partial charge in [0.1, 0.15) is 5.75 Å². The molecule has 25 heavy (non-hydrogen) atoms. The smallest absolute Gasteiger partial charge is 0.412 e. The minimum atomic E-state index is -0.440. The number of nitrogens with zero attached hydrogens (tertiary/aromatic N) is 1. The molecule has 0 aromatic heterocycles. The Kier molecular flexibility index (Phi) is 7.57. The first-order chi connectivity index (χ1) is 12.1. The molecule has 6 heteroatoms. The molecule has 1 fully saturated rings. The fourth-order valence-corrected chi connectivity index (χ4v) is 2.91. The molecular weight excluding hydrogens is 320 g/mol. The molecular formula is C19H28N2O4. The Bertz CT molecular complexity index is 568. The molecule has 1 aromatic carbocycles. The van der Waals surface area contributed by atoms with Crippen LogP contribution in [0.25, 0.3) is 0 Å². The van der Waals surface area contributed by atoms with Crippen molar-refractivity contribution in [3.8, 4) is 5.75 Å². The molecule has 0 saturated carbocycles. The van der Waals surface area contributed by atoms with Crippen molar-refractivity contribution >= 4 is 12.2 Å². The molecule has 1 heterocycles. The summed E-state index contributed by atoms with van der Waals surface area (Å²) in [4.78, 5) is 25.3. The first kappa shape index (κ1) is 19.1. The van der Waals surface area contributed by atoms with Crippen LogP contribution in [-0.4, -0.2) is 43.3 Å². The number of hydrogen-bond acceptors (Lipinski definition) is 4. The van der Waals surface area contributed by atoms with E-state index in [1.807, 2.05) is 25.1 Å². The van der Waals surface area contributed by atoms with E-state index in [0.29, 0.717) is 37.9 Å². The Morgan fingerprint density at radius 3 is 2.68 bits per heavy atom. The molecule has 0 atom stereocenters.